The van der Waals surface area contributed by atoms with Crippen molar-refractivity contribution in [3.05, 3.63) is 29.8 Å². The molecule has 0 heterocycles. The van der Waals surface area contributed by atoms with Gasteiger partial charge in [-0.1, -0.05) is 28.1 Å². The summed E-state index contributed by atoms with van der Waals surface area (Å²) in [7, 11) is 1.62. The molecule has 1 aromatic rings. The molecule has 0 aliphatic carbocycles. The third-order valence-corrected chi connectivity index (χ3v) is 3.98. The summed E-state index contributed by atoms with van der Waals surface area (Å²) in [6.45, 7) is -1.02. The third-order valence-electron chi connectivity index (χ3n) is 3.07. The van der Waals surface area contributed by atoms with Crippen LogP contribution in [0.1, 0.15) is 18.4 Å². The molecule has 1 aromatic carbocycles. The van der Waals surface area contributed by atoms with Crippen LogP contribution in [0.4, 0.5) is 13.2 Å². The first-order valence-electron chi connectivity index (χ1n) is 6.78. The monoisotopic (exact) mass is 368 g/mol. The predicted octanol–water partition coefficient (Wildman–Crippen LogP) is 4.61. The molecule has 6 heteroatoms. The lowest BCUT2D eigenvalue weighted by atomic mass is 9.97. The van der Waals surface area contributed by atoms with E-state index in [1.54, 1.807) is 7.11 Å². The Kier molecular flexibility index (Phi) is 8.11. The Morgan fingerprint density at radius 2 is 1.86 bits per heavy atom. The van der Waals surface area contributed by atoms with Gasteiger partial charge in [0.2, 0.25) is 0 Å². The quantitative estimate of drug-likeness (QED) is 0.468. The van der Waals surface area contributed by atoms with Gasteiger partial charge in [0, 0.05) is 11.9 Å². The highest BCUT2D eigenvalue weighted by Crippen LogP contribution is 2.20. The number of hydrogen-bond acceptors (Lipinski definition) is 2. The molecule has 0 amide bonds. The summed E-state index contributed by atoms with van der Waals surface area (Å²) >= 11 is 3.46. The molecule has 0 aromatic heterocycles. The zero-order valence-electron chi connectivity index (χ0n) is 12.0. The molecular weight excluding hydrogens is 349 g/mol. The molecule has 0 aliphatic heterocycles. The van der Waals surface area contributed by atoms with Crippen LogP contribution >= 0.6 is 15.9 Å². The number of halogens is 4. The molecule has 2 nitrogen and oxygen atoms in total. The zero-order valence-corrected chi connectivity index (χ0v) is 13.5. The van der Waals surface area contributed by atoms with E-state index in [1.165, 1.54) is 5.56 Å². The first kappa shape index (κ1) is 18.3. The van der Waals surface area contributed by atoms with Gasteiger partial charge >= 0.3 is 6.18 Å². The SMILES string of the molecule is COc1ccc(CC(CBr)CCCOCC(F)(F)F)cc1. The van der Waals surface area contributed by atoms with Crippen LogP contribution in [0.25, 0.3) is 0 Å². The summed E-state index contributed by atoms with van der Waals surface area (Å²) in [5, 5.41) is 0.818. The van der Waals surface area contributed by atoms with Crippen molar-refractivity contribution in [2.45, 2.75) is 25.4 Å². The minimum Gasteiger partial charge on any atom is -0.497 e. The van der Waals surface area contributed by atoms with Crippen LogP contribution in [0, 0.1) is 5.92 Å². The fraction of sp³-hybridized carbons (Fsp3) is 0.600. The molecule has 0 aliphatic rings. The number of benzene rings is 1. The first-order chi connectivity index (χ1) is 9.94. The first-order valence-corrected chi connectivity index (χ1v) is 7.90. The van der Waals surface area contributed by atoms with E-state index in [9.17, 15) is 13.2 Å². The molecule has 1 rings (SSSR count). The molecule has 0 fully saturated rings. The van der Waals surface area contributed by atoms with Crippen molar-refractivity contribution in [1.29, 1.82) is 0 Å². The number of hydrogen-bond donors (Lipinski definition) is 0. The molecule has 0 spiro atoms. The van der Waals surface area contributed by atoms with Gasteiger partial charge in [0.1, 0.15) is 12.4 Å². The van der Waals surface area contributed by atoms with Crippen LogP contribution in [0.15, 0.2) is 24.3 Å². The molecule has 0 saturated carbocycles. The molecule has 0 bridgehead atoms. The van der Waals surface area contributed by atoms with Crippen molar-refractivity contribution in [3.63, 3.8) is 0 Å². The van der Waals surface area contributed by atoms with E-state index in [0.29, 0.717) is 12.3 Å². The Hall–Kier alpha value is -0.750. The summed E-state index contributed by atoms with van der Waals surface area (Å²) in [6.07, 6.45) is -1.90. The largest absolute Gasteiger partial charge is 0.497 e. The van der Waals surface area contributed by atoms with Crippen LogP contribution in [-0.4, -0.2) is 31.8 Å². The second kappa shape index (κ2) is 9.30. The average molecular weight is 369 g/mol. The van der Waals surface area contributed by atoms with Crippen molar-refractivity contribution in [2.75, 3.05) is 25.7 Å². The maximum absolute atomic E-state index is 11.9. The molecule has 0 saturated heterocycles. The fourth-order valence-electron chi connectivity index (χ4n) is 1.99. The highest BCUT2D eigenvalue weighted by atomic mass is 79.9. The van der Waals surface area contributed by atoms with E-state index in [1.807, 2.05) is 24.3 Å². The molecule has 1 unspecified atom stereocenters. The standard InChI is InChI=1S/C15H20BrF3O2/c1-20-14-6-4-12(5-7-14)9-13(10-16)3-2-8-21-11-15(17,18)19/h4-7,13H,2-3,8-11H2,1H3. The summed E-state index contributed by atoms with van der Waals surface area (Å²) in [4.78, 5) is 0. The molecule has 0 N–H and O–H groups in total. The topological polar surface area (TPSA) is 18.5 Å². The molecular formula is C15H20BrF3O2. The smallest absolute Gasteiger partial charge is 0.411 e. The Morgan fingerprint density at radius 1 is 1.19 bits per heavy atom. The van der Waals surface area contributed by atoms with Gasteiger partial charge in [0.15, 0.2) is 0 Å². The Bertz CT molecular complexity index is 393. The molecule has 21 heavy (non-hydrogen) atoms. The van der Waals surface area contributed by atoms with Crippen molar-refractivity contribution >= 4 is 15.9 Å². The van der Waals surface area contributed by atoms with Gasteiger partial charge in [-0.3, -0.25) is 0 Å². The second-order valence-electron chi connectivity index (χ2n) is 4.88. The van der Waals surface area contributed by atoms with Gasteiger partial charge in [0.05, 0.1) is 7.11 Å². The lowest BCUT2D eigenvalue weighted by molar-refractivity contribution is -0.174. The number of rotatable bonds is 9. The highest BCUT2D eigenvalue weighted by Gasteiger charge is 2.27. The van der Waals surface area contributed by atoms with Crippen LogP contribution in [0.2, 0.25) is 0 Å². The minimum atomic E-state index is -4.24. The zero-order chi connectivity index (χ0) is 15.7. The third kappa shape index (κ3) is 8.31. The van der Waals surface area contributed by atoms with Crippen molar-refractivity contribution < 1.29 is 22.6 Å². The van der Waals surface area contributed by atoms with E-state index < -0.39 is 12.8 Å². The van der Waals surface area contributed by atoms with Gasteiger partial charge in [-0.25, -0.2) is 0 Å². The van der Waals surface area contributed by atoms with Crippen LogP contribution in [0.5, 0.6) is 5.75 Å². The highest BCUT2D eigenvalue weighted by molar-refractivity contribution is 9.09. The maximum atomic E-state index is 11.9. The molecule has 1 atom stereocenters. The Balaban J connectivity index is 2.27. The van der Waals surface area contributed by atoms with Gasteiger partial charge in [-0.2, -0.15) is 13.2 Å². The average Bonchev–Trinajstić information content (AvgIpc) is 2.45. The number of methoxy groups -OCH3 is 1. The van der Waals surface area contributed by atoms with E-state index >= 15 is 0 Å². The Labute approximate surface area is 131 Å². The van der Waals surface area contributed by atoms with Crippen molar-refractivity contribution in [1.82, 2.24) is 0 Å². The van der Waals surface area contributed by atoms with E-state index in [4.69, 9.17) is 4.74 Å². The normalized spacial score (nSPS) is 13.2. The van der Waals surface area contributed by atoms with E-state index in [0.717, 1.165) is 23.9 Å². The lowest BCUT2D eigenvalue weighted by Crippen LogP contribution is -2.17. The number of ether oxygens (including phenoxy) is 2. The summed E-state index contributed by atoms with van der Waals surface area (Å²) in [6, 6.07) is 7.84. The molecule has 120 valence electrons. The summed E-state index contributed by atoms with van der Waals surface area (Å²) < 4.78 is 45.5. The summed E-state index contributed by atoms with van der Waals surface area (Å²) in [5.74, 6) is 1.20. The lowest BCUT2D eigenvalue weighted by Gasteiger charge is -2.15. The minimum absolute atomic E-state index is 0.144. The van der Waals surface area contributed by atoms with E-state index in [-0.39, 0.29) is 6.61 Å². The predicted molar refractivity (Wildman–Crippen MR) is 80.1 cm³/mol. The van der Waals surface area contributed by atoms with Crippen LogP contribution in [0.3, 0.4) is 0 Å². The van der Waals surface area contributed by atoms with Crippen molar-refractivity contribution in [2.24, 2.45) is 5.92 Å². The van der Waals surface area contributed by atoms with Gasteiger partial charge in [-0.15, -0.1) is 0 Å². The van der Waals surface area contributed by atoms with E-state index in [2.05, 4.69) is 20.7 Å². The number of alkyl halides is 4. The van der Waals surface area contributed by atoms with Crippen LogP contribution < -0.4 is 4.74 Å². The van der Waals surface area contributed by atoms with Gasteiger partial charge < -0.3 is 9.47 Å². The van der Waals surface area contributed by atoms with Crippen LogP contribution in [-0.2, 0) is 11.2 Å². The molecule has 0 radical (unpaired) electrons. The fourth-order valence-corrected chi connectivity index (χ4v) is 2.54. The summed E-state index contributed by atoms with van der Waals surface area (Å²) in [5.41, 5.74) is 1.19. The Morgan fingerprint density at radius 3 is 2.38 bits per heavy atom. The van der Waals surface area contributed by atoms with Gasteiger partial charge in [-0.05, 0) is 42.9 Å². The maximum Gasteiger partial charge on any atom is 0.411 e. The van der Waals surface area contributed by atoms with Crippen molar-refractivity contribution in [3.8, 4) is 5.75 Å². The second-order valence-corrected chi connectivity index (χ2v) is 5.53. The van der Waals surface area contributed by atoms with Gasteiger partial charge in [0.25, 0.3) is 0 Å².